The molecule has 1 N–H and O–H groups in total. The van der Waals surface area contributed by atoms with E-state index >= 15 is 0 Å². The molecule has 1 amide bonds. The van der Waals surface area contributed by atoms with Crippen molar-refractivity contribution in [3.05, 3.63) is 51.7 Å². The molecule has 3 aromatic rings. The standard InChI is InChI=1S/C22H27N5OS2/c1-6-27-20(16-8-10-17(11-9-16)22(3,4)5)25-26-21(27)29-14-19(28)24-23-13-18-12-7-15(2)30-18/h7-13H,6,14H2,1-5H3,(H,24,28). The summed E-state index contributed by atoms with van der Waals surface area (Å²) in [5, 5.41) is 13.4. The van der Waals surface area contributed by atoms with Crippen molar-refractivity contribution in [3.63, 3.8) is 0 Å². The molecule has 0 radical (unpaired) electrons. The number of hydrogen-bond acceptors (Lipinski definition) is 6. The first-order valence-corrected chi connectivity index (χ1v) is 11.6. The lowest BCUT2D eigenvalue weighted by atomic mass is 9.87. The minimum absolute atomic E-state index is 0.107. The molecule has 0 aliphatic carbocycles. The van der Waals surface area contributed by atoms with E-state index < -0.39 is 0 Å². The smallest absolute Gasteiger partial charge is 0.250 e. The first-order valence-electron chi connectivity index (χ1n) is 9.83. The van der Waals surface area contributed by atoms with E-state index in [-0.39, 0.29) is 17.1 Å². The number of thiophene rings is 1. The second-order valence-corrected chi connectivity index (χ2v) is 10.2. The summed E-state index contributed by atoms with van der Waals surface area (Å²) in [6.45, 7) is 11.4. The van der Waals surface area contributed by atoms with Crippen molar-refractivity contribution in [3.8, 4) is 11.4 Å². The summed E-state index contributed by atoms with van der Waals surface area (Å²) in [7, 11) is 0. The van der Waals surface area contributed by atoms with Gasteiger partial charge >= 0.3 is 0 Å². The summed E-state index contributed by atoms with van der Waals surface area (Å²) in [6.07, 6.45) is 1.66. The molecule has 8 heteroatoms. The zero-order valence-electron chi connectivity index (χ0n) is 18.0. The summed E-state index contributed by atoms with van der Waals surface area (Å²) in [6, 6.07) is 12.4. The molecular weight excluding hydrogens is 414 g/mol. The van der Waals surface area contributed by atoms with Gasteiger partial charge in [0.1, 0.15) is 0 Å². The van der Waals surface area contributed by atoms with Gasteiger partial charge in [0.2, 0.25) is 0 Å². The summed E-state index contributed by atoms with van der Waals surface area (Å²) in [4.78, 5) is 14.3. The summed E-state index contributed by atoms with van der Waals surface area (Å²) < 4.78 is 2.03. The fraction of sp³-hybridized carbons (Fsp3) is 0.364. The summed E-state index contributed by atoms with van der Waals surface area (Å²) in [5.74, 6) is 0.861. The van der Waals surface area contributed by atoms with E-state index in [9.17, 15) is 4.79 Å². The fourth-order valence-electron chi connectivity index (χ4n) is 2.87. The second kappa shape index (κ2) is 9.57. The van der Waals surface area contributed by atoms with Crippen LogP contribution in [0.3, 0.4) is 0 Å². The molecule has 0 saturated heterocycles. The van der Waals surface area contributed by atoms with Gasteiger partial charge in [-0.2, -0.15) is 5.10 Å². The molecule has 2 heterocycles. The Morgan fingerprint density at radius 2 is 1.93 bits per heavy atom. The van der Waals surface area contributed by atoms with E-state index in [0.29, 0.717) is 0 Å². The van der Waals surface area contributed by atoms with Gasteiger partial charge in [-0.25, -0.2) is 5.43 Å². The number of rotatable bonds is 7. The highest BCUT2D eigenvalue weighted by Gasteiger charge is 2.17. The zero-order valence-corrected chi connectivity index (χ0v) is 19.6. The van der Waals surface area contributed by atoms with Gasteiger partial charge in [-0.15, -0.1) is 21.5 Å². The van der Waals surface area contributed by atoms with Crippen LogP contribution in [0.25, 0.3) is 11.4 Å². The molecule has 0 spiro atoms. The molecule has 30 heavy (non-hydrogen) atoms. The third-order valence-electron chi connectivity index (χ3n) is 4.52. The van der Waals surface area contributed by atoms with Gasteiger partial charge in [0.05, 0.1) is 12.0 Å². The van der Waals surface area contributed by atoms with Crippen molar-refractivity contribution >= 4 is 35.2 Å². The molecule has 158 valence electrons. The quantitative estimate of drug-likeness (QED) is 0.322. The topological polar surface area (TPSA) is 72.2 Å². The van der Waals surface area contributed by atoms with Crippen molar-refractivity contribution in [2.75, 3.05) is 5.75 Å². The van der Waals surface area contributed by atoms with E-state index in [2.05, 4.69) is 65.8 Å². The van der Waals surface area contributed by atoms with Crippen molar-refractivity contribution in [2.24, 2.45) is 5.10 Å². The van der Waals surface area contributed by atoms with Gasteiger partial charge in [-0.1, -0.05) is 56.8 Å². The predicted octanol–water partition coefficient (Wildman–Crippen LogP) is 4.87. The molecule has 0 atom stereocenters. The minimum atomic E-state index is -0.175. The number of carbonyl (C=O) groups is 1. The lowest BCUT2D eigenvalue weighted by Crippen LogP contribution is -2.19. The molecule has 0 fully saturated rings. The Kier molecular flexibility index (Phi) is 7.10. The molecular formula is C22H27N5OS2. The highest BCUT2D eigenvalue weighted by Crippen LogP contribution is 2.27. The number of aromatic nitrogens is 3. The first-order chi connectivity index (χ1) is 14.3. The third kappa shape index (κ3) is 5.58. The molecule has 1 aromatic carbocycles. The van der Waals surface area contributed by atoms with E-state index in [1.54, 1.807) is 17.6 Å². The predicted molar refractivity (Wildman–Crippen MR) is 125 cm³/mol. The number of carbonyl (C=O) groups excluding carboxylic acids is 1. The number of nitrogens with zero attached hydrogens (tertiary/aromatic N) is 4. The highest BCUT2D eigenvalue weighted by atomic mass is 32.2. The normalized spacial score (nSPS) is 11.9. The molecule has 2 aromatic heterocycles. The van der Waals surface area contributed by atoms with Gasteiger partial charge in [-0.3, -0.25) is 4.79 Å². The van der Waals surface area contributed by atoms with E-state index in [1.165, 1.54) is 22.2 Å². The average molecular weight is 442 g/mol. The number of thioether (sulfide) groups is 1. The van der Waals surface area contributed by atoms with Gasteiger partial charge in [-0.05, 0) is 37.0 Å². The van der Waals surface area contributed by atoms with E-state index in [0.717, 1.165) is 28.0 Å². The second-order valence-electron chi connectivity index (χ2n) is 7.91. The first kappa shape index (κ1) is 22.2. The molecule has 0 aliphatic rings. The van der Waals surface area contributed by atoms with Crippen LogP contribution in [0.15, 0.2) is 46.7 Å². The molecule has 6 nitrogen and oxygen atoms in total. The van der Waals surface area contributed by atoms with Gasteiger partial charge in [0.15, 0.2) is 11.0 Å². The Hall–Kier alpha value is -2.45. The van der Waals surface area contributed by atoms with Crippen LogP contribution in [0.4, 0.5) is 0 Å². The van der Waals surface area contributed by atoms with Crippen LogP contribution in [0.1, 0.15) is 43.0 Å². The lowest BCUT2D eigenvalue weighted by Gasteiger charge is -2.19. The lowest BCUT2D eigenvalue weighted by molar-refractivity contribution is -0.118. The van der Waals surface area contributed by atoms with Crippen molar-refractivity contribution < 1.29 is 4.79 Å². The number of benzene rings is 1. The van der Waals surface area contributed by atoms with Gasteiger partial charge in [0.25, 0.3) is 5.91 Å². The molecule has 0 saturated carbocycles. The molecule has 3 rings (SSSR count). The molecule has 0 bridgehead atoms. The fourth-order valence-corrected chi connectivity index (χ4v) is 4.41. The van der Waals surface area contributed by atoms with Crippen molar-refractivity contribution in [1.82, 2.24) is 20.2 Å². The Morgan fingerprint density at radius 1 is 1.20 bits per heavy atom. The molecule has 0 aliphatic heterocycles. The highest BCUT2D eigenvalue weighted by molar-refractivity contribution is 7.99. The van der Waals surface area contributed by atoms with Crippen molar-refractivity contribution in [1.29, 1.82) is 0 Å². The van der Waals surface area contributed by atoms with Crippen LogP contribution >= 0.6 is 23.1 Å². The third-order valence-corrected chi connectivity index (χ3v) is 6.42. The van der Waals surface area contributed by atoms with Crippen LogP contribution in [0.2, 0.25) is 0 Å². The number of nitrogens with one attached hydrogen (secondary N) is 1. The Morgan fingerprint density at radius 3 is 2.53 bits per heavy atom. The van der Waals surface area contributed by atoms with Crippen LogP contribution in [-0.4, -0.2) is 32.6 Å². The van der Waals surface area contributed by atoms with Crippen LogP contribution in [-0.2, 0) is 16.8 Å². The van der Waals surface area contributed by atoms with Gasteiger partial charge < -0.3 is 4.57 Å². The maximum Gasteiger partial charge on any atom is 0.250 e. The Balaban J connectivity index is 1.62. The summed E-state index contributed by atoms with van der Waals surface area (Å²) >= 11 is 2.99. The summed E-state index contributed by atoms with van der Waals surface area (Å²) in [5.41, 5.74) is 4.97. The van der Waals surface area contributed by atoms with Gasteiger partial charge in [0, 0.05) is 21.9 Å². The number of hydrazone groups is 1. The maximum absolute atomic E-state index is 12.1. The SMILES string of the molecule is CCn1c(SCC(=O)NN=Cc2ccc(C)s2)nnc1-c1ccc(C(C)(C)C)cc1. The monoisotopic (exact) mass is 441 g/mol. The largest absolute Gasteiger partial charge is 0.302 e. The number of amides is 1. The van der Waals surface area contributed by atoms with Crippen LogP contribution < -0.4 is 5.43 Å². The number of aryl methyl sites for hydroxylation is 1. The molecule has 0 unspecified atom stereocenters. The van der Waals surface area contributed by atoms with Crippen LogP contribution in [0, 0.1) is 6.92 Å². The van der Waals surface area contributed by atoms with Crippen LogP contribution in [0.5, 0.6) is 0 Å². The maximum atomic E-state index is 12.1. The zero-order chi connectivity index (χ0) is 21.7. The number of hydrogen-bond donors (Lipinski definition) is 1. The van der Waals surface area contributed by atoms with E-state index in [4.69, 9.17) is 0 Å². The van der Waals surface area contributed by atoms with Crippen molar-refractivity contribution in [2.45, 2.75) is 51.7 Å². The average Bonchev–Trinajstić information content (AvgIpc) is 3.31. The Bertz CT molecular complexity index is 1030. The minimum Gasteiger partial charge on any atom is -0.302 e. The van der Waals surface area contributed by atoms with E-state index in [1.807, 2.05) is 30.5 Å². The Labute approximate surface area is 185 Å².